The molecule has 1 fully saturated rings. The van der Waals surface area contributed by atoms with Gasteiger partial charge < -0.3 is 20.3 Å². The zero-order valence-corrected chi connectivity index (χ0v) is 24.1. The Labute approximate surface area is 256 Å². The summed E-state index contributed by atoms with van der Waals surface area (Å²) in [6.45, 7) is 1.74. The number of anilines is 2. The number of hydrogen-bond acceptors (Lipinski definition) is 7. The molecule has 0 saturated carbocycles. The van der Waals surface area contributed by atoms with Crippen LogP contribution in [0, 0.1) is 5.82 Å². The monoisotopic (exact) mass is 600 g/mol. The molecule has 2 N–H and O–H groups in total. The Bertz CT molecular complexity index is 1670. The number of nitrogens with one attached hydrogen (secondary N) is 2. The zero-order valence-electron chi connectivity index (χ0n) is 23.3. The van der Waals surface area contributed by atoms with Gasteiger partial charge in [-0.05, 0) is 68.4 Å². The number of aliphatic imine (C=N–C) groups is 1. The number of fused-ring (bicyclic) bond motifs is 3. The molecule has 1 aromatic heterocycles. The highest BCUT2D eigenvalue weighted by molar-refractivity contribution is 6.31. The highest BCUT2D eigenvalue weighted by Gasteiger charge is 2.26. The maximum atomic E-state index is 15.1. The molecular weight excluding hydrogens is 567 g/mol. The number of likely N-dealkylation sites (tertiary alicyclic amines) is 1. The molecule has 10 heteroatoms. The molecule has 222 valence electrons. The van der Waals surface area contributed by atoms with Crippen LogP contribution in [0.2, 0.25) is 5.02 Å². The van der Waals surface area contributed by atoms with Crippen LogP contribution in [0.15, 0.2) is 71.9 Å². The summed E-state index contributed by atoms with van der Waals surface area (Å²) < 4.78 is 20.6. The topological polar surface area (TPSA) is 91.7 Å². The number of methoxy groups -OCH3 is 1. The minimum absolute atomic E-state index is 0. The normalized spacial score (nSPS) is 14.5. The van der Waals surface area contributed by atoms with E-state index in [1.165, 1.54) is 13.2 Å². The van der Waals surface area contributed by atoms with E-state index < -0.39 is 5.82 Å². The van der Waals surface area contributed by atoms with Crippen molar-refractivity contribution in [1.82, 2.24) is 20.2 Å². The van der Waals surface area contributed by atoms with Crippen LogP contribution in [0.3, 0.4) is 0 Å². The Morgan fingerprint density at radius 3 is 2.56 bits per heavy atom. The first-order chi connectivity index (χ1) is 20.4. The lowest BCUT2D eigenvalue weighted by atomic mass is 9.94. The molecule has 6 rings (SSSR count). The number of amides is 1. The second-order valence-corrected chi connectivity index (χ2v) is 10.7. The first kappa shape index (κ1) is 30.1. The van der Waals surface area contributed by atoms with E-state index in [9.17, 15) is 4.79 Å². The summed E-state index contributed by atoms with van der Waals surface area (Å²) in [5.74, 6) is 0.357. The van der Waals surface area contributed by atoms with Crippen LogP contribution in [0.25, 0.3) is 11.3 Å². The number of halogens is 2. The van der Waals surface area contributed by atoms with E-state index >= 15 is 4.39 Å². The smallest absolute Gasteiger partial charge is 0.253 e. The molecule has 0 bridgehead atoms. The fourth-order valence-electron chi connectivity index (χ4n) is 5.48. The van der Waals surface area contributed by atoms with Crippen molar-refractivity contribution in [2.45, 2.75) is 32.9 Å². The van der Waals surface area contributed by atoms with Crippen molar-refractivity contribution < 1.29 is 13.9 Å². The van der Waals surface area contributed by atoms with Crippen LogP contribution >= 0.6 is 11.6 Å². The van der Waals surface area contributed by atoms with Crippen molar-refractivity contribution in [2.75, 3.05) is 32.6 Å². The average molecular weight is 601 g/mol. The van der Waals surface area contributed by atoms with Gasteiger partial charge in [0, 0.05) is 58.3 Å². The minimum Gasteiger partial charge on any atom is -0.496 e. The molecule has 0 atom stereocenters. The van der Waals surface area contributed by atoms with Crippen LogP contribution in [0.5, 0.6) is 5.75 Å². The second-order valence-electron chi connectivity index (χ2n) is 10.3. The van der Waals surface area contributed by atoms with Crippen molar-refractivity contribution in [2.24, 2.45) is 4.99 Å². The summed E-state index contributed by atoms with van der Waals surface area (Å²) >= 11 is 6.40. The maximum absolute atomic E-state index is 15.1. The molecule has 3 aromatic carbocycles. The maximum Gasteiger partial charge on any atom is 0.253 e. The molecule has 8 nitrogen and oxygen atoms in total. The SMILES string of the molecule is C.CNC1CCN(C(=O)c2ccc(Nc3ncc4c(n3)-c3ccc(Cl)cc3C(c3c(F)cccc3OC)=NC4)cc2)CC1. The third-order valence-corrected chi connectivity index (χ3v) is 8.01. The largest absolute Gasteiger partial charge is 0.496 e. The molecule has 0 aliphatic carbocycles. The fraction of sp³-hybridized carbons (Fsp3) is 0.273. The zero-order chi connectivity index (χ0) is 29.2. The highest BCUT2D eigenvalue weighted by Crippen LogP contribution is 2.36. The van der Waals surface area contributed by atoms with Crippen molar-refractivity contribution in [1.29, 1.82) is 0 Å². The van der Waals surface area contributed by atoms with Gasteiger partial charge in [-0.2, -0.15) is 0 Å². The van der Waals surface area contributed by atoms with Crippen LogP contribution in [-0.4, -0.2) is 59.8 Å². The van der Waals surface area contributed by atoms with E-state index in [-0.39, 0.29) is 25.4 Å². The first-order valence-electron chi connectivity index (χ1n) is 13.8. The van der Waals surface area contributed by atoms with E-state index in [2.05, 4.69) is 15.6 Å². The molecule has 0 unspecified atom stereocenters. The third-order valence-electron chi connectivity index (χ3n) is 7.77. The Morgan fingerprint density at radius 2 is 1.84 bits per heavy atom. The number of hydrogen-bond donors (Lipinski definition) is 2. The molecule has 0 radical (unpaired) electrons. The van der Waals surface area contributed by atoms with E-state index in [1.54, 1.807) is 30.5 Å². The number of carbonyl (C=O) groups is 1. The highest BCUT2D eigenvalue weighted by atomic mass is 35.5. The number of ether oxygens (including phenoxy) is 1. The molecule has 43 heavy (non-hydrogen) atoms. The van der Waals surface area contributed by atoms with Gasteiger partial charge in [0.1, 0.15) is 11.6 Å². The fourth-order valence-corrected chi connectivity index (χ4v) is 5.65. The third kappa shape index (κ3) is 6.09. The number of aromatic nitrogens is 2. The molecule has 3 heterocycles. The summed E-state index contributed by atoms with van der Waals surface area (Å²) in [5, 5.41) is 7.03. The van der Waals surface area contributed by atoms with Gasteiger partial charge in [-0.25, -0.2) is 14.4 Å². The van der Waals surface area contributed by atoms with Gasteiger partial charge in [-0.15, -0.1) is 0 Å². The lowest BCUT2D eigenvalue weighted by Crippen LogP contribution is -2.43. The van der Waals surface area contributed by atoms with Crippen LogP contribution in [0.1, 0.15) is 47.3 Å². The summed E-state index contributed by atoms with van der Waals surface area (Å²) in [4.78, 5) is 29.0. The number of benzene rings is 3. The van der Waals surface area contributed by atoms with Crippen molar-refractivity contribution in [3.05, 3.63) is 100.0 Å². The Morgan fingerprint density at radius 1 is 1.07 bits per heavy atom. The van der Waals surface area contributed by atoms with Crippen LogP contribution in [-0.2, 0) is 6.54 Å². The minimum atomic E-state index is -0.442. The van der Waals surface area contributed by atoms with Gasteiger partial charge >= 0.3 is 0 Å². The number of carbonyl (C=O) groups excluding carboxylic acids is 1. The quantitative estimate of drug-likeness (QED) is 0.263. The lowest BCUT2D eigenvalue weighted by molar-refractivity contribution is 0.0707. The van der Waals surface area contributed by atoms with Gasteiger partial charge in [0.15, 0.2) is 0 Å². The van der Waals surface area contributed by atoms with Gasteiger partial charge in [0.2, 0.25) is 5.95 Å². The predicted molar refractivity (Wildman–Crippen MR) is 169 cm³/mol. The average Bonchev–Trinajstić information content (AvgIpc) is 3.17. The number of nitrogens with zero attached hydrogens (tertiary/aromatic N) is 4. The molecule has 4 aromatic rings. The summed E-state index contributed by atoms with van der Waals surface area (Å²) in [5.41, 5.74) is 4.96. The molecular formula is C33H34ClFN6O2. The van der Waals surface area contributed by atoms with Gasteiger partial charge in [0.05, 0.1) is 30.6 Å². The van der Waals surface area contributed by atoms with E-state index in [0.717, 1.165) is 42.7 Å². The van der Waals surface area contributed by atoms with Crippen LogP contribution < -0.4 is 15.4 Å². The van der Waals surface area contributed by atoms with Crippen molar-refractivity contribution in [3.63, 3.8) is 0 Å². The number of piperidine rings is 1. The van der Waals surface area contributed by atoms with Gasteiger partial charge in [-0.3, -0.25) is 9.79 Å². The Hall–Kier alpha value is -4.34. The standard InChI is InChI=1S/C32H30ClFN6O2.CH4/c1-35-22-12-14-40(15-13-22)31(41)19-6-9-23(10-7-19)38-32-37-18-20-17-36-30(28-26(34)4-3-5-27(28)42-2)25-16-21(33)8-11-24(25)29(20)39-32;/h3-11,16,18,22,35H,12-15,17H2,1-2H3,(H,37,38,39);1H4. The van der Waals surface area contributed by atoms with Gasteiger partial charge in [-0.1, -0.05) is 31.2 Å². The summed E-state index contributed by atoms with van der Waals surface area (Å²) in [7, 11) is 3.46. The molecule has 2 aliphatic heterocycles. The van der Waals surface area contributed by atoms with E-state index in [0.29, 0.717) is 45.3 Å². The summed E-state index contributed by atoms with van der Waals surface area (Å²) in [6.07, 6.45) is 3.63. The molecule has 1 amide bonds. The van der Waals surface area contributed by atoms with E-state index in [1.807, 2.05) is 42.3 Å². The molecule has 2 aliphatic rings. The van der Waals surface area contributed by atoms with Crippen molar-refractivity contribution >= 4 is 34.9 Å². The van der Waals surface area contributed by atoms with E-state index in [4.69, 9.17) is 26.3 Å². The molecule has 0 spiro atoms. The first-order valence-corrected chi connectivity index (χ1v) is 14.2. The lowest BCUT2D eigenvalue weighted by Gasteiger charge is -2.31. The van der Waals surface area contributed by atoms with Crippen LogP contribution in [0.4, 0.5) is 16.0 Å². The Kier molecular flexibility index (Phi) is 9.03. The predicted octanol–water partition coefficient (Wildman–Crippen LogP) is 6.50. The summed E-state index contributed by atoms with van der Waals surface area (Å²) in [6, 6.07) is 17.9. The number of rotatable bonds is 6. The molecule has 1 saturated heterocycles. The van der Waals surface area contributed by atoms with Gasteiger partial charge in [0.25, 0.3) is 5.91 Å². The van der Waals surface area contributed by atoms with Crippen molar-refractivity contribution in [3.8, 4) is 17.0 Å². The Balaban J connectivity index is 0.00000368. The second kappa shape index (κ2) is 12.9.